The molecule has 0 amide bonds. The van der Waals surface area contributed by atoms with Crippen LogP contribution in [0.1, 0.15) is 13.3 Å². The Kier molecular flexibility index (Phi) is 5.32. The lowest BCUT2D eigenvalue weighted by molar-refractivity contribution is 1.10. The van der Waals surface area contributed by atoms with Gasteiger partial charge in [0.1, 0.15) is 0 Å². The fourth-order valence-electron chi connectivity index (χ4n) is 0.246. The van der Waals surface area contributed by atoms with Gasteiger partial charge in [-0.15, -0.1) is 0 Å². The minimum Gasteiger partial charge on any atom is -0.0991 e. The summed E-state index contributed by atoms with van der Waals surface area (Å²) in [5.74, 6) is 1.99. The smallest absolute Gasteiger partial charge is 0.0322 e. The quantitative estimate of drug-likeness (QED) is 0.378. The van der Waals surface area contributed by atoms with E-state index in [1.165, 1.54) is 12.6 Å². The largest absolute Gasteiger partial charge is 0.0991 e. The second kappa shape index (κ2) is 5.17. The molecule has 0 aliphatic rings. The van der Waals surface area contributed by atoms with E-state index >= 15 is 0 Å². The molecule has 0 rings (SSSR count). The molecule has 0 aliphatic heterocycles. The normalized spacial score (nSPS) is 10.2. The van der Waals surface area contributed by atoms with E-state index in [2.05, 4.69) is 13.5 Å². The summed E-state index contributed by atoms with van der Waals surface area (Å²) in [6.07, 6.45) is 2.62. The molecule has 0 bridgehead atoms. The highest BCUT2D eigenvalue weighted by atomic mass is 31.1. The maximum absolute atomic E-state index is 3.61. The van der Waals surface area contributed by atoms with Crippen LogP contribution in [-0.2, 0) is 0 Å². The molecule has 1 unspecified atom stereocenters. The van der Waals surface area contributed by atoms with Gasteiger partial charge in [0.25, 0.3) is 0 Å². The van der Waals surface area contributed by atoms with Crippen molar-refractivity contribution < 1.29 is 0 Å². The van der Waals surface area contributed by atoms with E-state index in [0.717, 1.165) is 8.58 Å². The van der Waals surface area contributed by atoms with Crippen LogP contribution < -0.4 is 0 Å². The van der Waals surface area contributed by atoms with Crippen LogP contribution in [-0.4, -0.2) is 6.16 Å². The first-order chi connectivity index (χ1) is 2.91. The van der Waals surface area contributed by atoms with Crippen molar-refractivity contribution >= 4 is 8.58 Å². The average Bonchev–Trinajstić information content (AvgIpc) is 1.61. The predicted molar refractivity (Wildman–Crippen MR) is 33.7 cm³/mol. The molecule has 36 valence electrons. The minimum atomic E-state index is 0.979. The van der Waals surface area contributed by atoms with Crippen LogP contribution in [0.25, 0.3) is 0 Å². The highest BCUT2D eigenvalue weighted by molar-refractivity contribution is 7.41. The molecular weight excluding hydrogens is 91.0 g/mol. The lowest BCUT2D eigenvalue weighted by Gasteiger charge is -1.82. The van der Waals surface area contributed by atoms with E-state index in [9.17, 15) is 0 Å². The number of hydrogen-bond donors (Lipinski definition) is 0. The summed E-state index contributed by atoms with van der Waals surface area (Å²) in [7, 11) is 0.979. The Balaban J connectivity index is 2.49. The van der Waals surface area contributed by atoms with Crippen LogP contribution >= 0.6 is 8.58 Å². The van der Waals surface area contributed by atoms with Crippen molar-refractivity contribution in [1.82, 2.24) is 0 Å². The summed E-state index contributed by atoms with van der Waals surface area (Å²) in [4.78, 5) is 0. The second-order valence-electron chi connectivity index (χ2n) is 1.16. The summed E-state index contributed by atoms with van der Waals surface area (Å²) in [5.41, 5.74) is 0. The van der Waals surface area contributed by atoms with Crippen LogP contribution in [0.2, 0.25) is 0 Å². The molecule has 0 N–H and O–H groups in total. The van der Waals surface area contributed by atoms with Crippen molar-refractivity contribution in [2.45, 2.75) is 13.3 Å². The Morgan fingerprint density at radius 3 is 2.67 bits per heavy atom. The van der Waals surface area contributed by atoms with Crippen LogP contribution in [0, 0.1) is 0 Å². The number of hydrogen-bond acceptors (Lipinski definition) is 0. The first-order valence-corrected chi connectivity index (χ1v) is 3.54. The Morgan fingerprint density at radius 1 is 1.83 bits per heavy atom. The molecule has 6 heavy (non-hydrogen) atoms. The van der Waals surface area contributed by atoms with Crippen LogP contribution in [0.5, 0.6) is 0 Å². The Labute approximate surface area is 41.4 Å². The van der Waals surface area contributed by atoms with Crippen LogP contribution in [0.4, 0.5) is 0 Å². The molecule has 1 heteroatoms. The van der Waals surface area contributed by atoms with Crippen molar-refractivity contribution in [2.24, 2.45) is 0 Å². The summed E-state index contributed by atoms with van der Waals surface area (Å²) >= 11 is 0. The van der Waals surface area contributed by atoms with Gasteiger partial charge in [0.05, 0.1) is 0 Å². The standard InChI is InChI=1S/C5H11P/c1-3-5-6-4-2/h4,6H,2-3,5H2,1H3. The van der Waals surface area contributed by atoms with Crippen molar-refractivity contribution in [3.05, 3.63) is 12.4 Å². The van der Waals surface area contributed by atoms with Gasteiger partial charge in [0.15, 0.2) is 0 Å². The van der Waals surface area contributed by atoms with E-state index in [1.54, 1.807) is 0 Å². The third kappa shape index (κ3) is 4.17. The van der Waals surface area contributed by atoms with Crippen molar-refractivity contribution in [3.63, 3.8) is 0 Å². The molecule has 0 heterocycles. The Bertz CT molecular complexity index is 32.9. The average molecular weight is 102 g/mol. The van der Waals surface area contributed by atoms with Gasteiger partial charge < -0.3 is 0 Å². The van der Waals surface area contributed by atoms with E-state index in [1.807, 2.05) is 5.82 Å². The molecule has 0 radical (unpaired) electrons. The van der Waals surface area contributed by atoms with Crippen molar-refractivity contribution in [2.75, 3.05) is 6.16 Å². The van der Waals surface area contributed by atoms with Crippen molar-refractivity contribution in [3.8, 4) is 0 Å². The molecule has 0 spiro atoms. The maximum atomic E-state index is 3.61. The summed E-state index contributed by atoms with van der Waals surface area (Å²) in [6, 6.07) is 0. The van der Waals surface area contributed by atoms with Gasteiger partial charge >= 0.3 is 0 Å². The molecule has 0 saturated carbocycles. The predicted octanol–water partition coefficient (Wildman–Crippen LogP) is 2.22. The minimum absolute atomic E-state index is 0.979. The fraction of sp³-hybridized carbons (Fsp3) is 0.600. The SMILES string of the molecule is C=CPCCC. The summed E-state index contributed by atoms with van der Waals surface area (Å²) in [5, 5.41) is 0. The second-order valence-corrected chi connectivity index (χ2v) is 2.47. The highest BCUT2D eigenvalue weighted by Gasteiger charge is 1.70. The first-order valence-electron chi connectivity index (χ1n) is 2.26. The lowest BCUT2D eigenvalue weighted by Crippen LogP contribution is -1.61. The molecule has 0 fully saturated rings. The van der Waals surface area contributed by atoms with Gasteiger partial charge in [-0.05, 0) is 6.16 Å². The van der Waals surface area contributed by atoms with Gasteiger partial charge in [0, 0.05) is 0 Å². The molecular formula is C5H11P. The first kappa shape index (κ1) is 6.17. The Morgan fingerprint density at radius 2 is 2.50 bits per heavy atom. The Hall–Kier alpha value is 0.170. The van der Waals surface area contributed by atoms with Gasteiger partial charge in [-0.3, -0.25) is 0 Å². The number of rotatable bonds is 3. The highest BCUT2D eigenvalue weighted by Crippen LogP contribution is 2.09. The van der Waals surface area contributed by atoms with E-state index in [4.69, 9.17) is 0 Å². The lowest BCUT2D eigenvalue weighted by atomic mass is 10.6. The zero-order chi connectivity index (χ0) is 4.83. The fourth-order valence-corrected chi connectivity index (χ4v) is 0.739. The molecule has 0 nitrogen and oxygen atoms in total. The van der Waals surface area contributed by atoms with Gasteiger partial charge in [-0.1, -0.05) is 34.3 Å². The van der Waals surface area contributed by atoms with Crippen LogP contribution in [0.3, 0.4) is 0 Å². The monoisotopic (exact) mass is 102 g/mol. The zero-order valence-electron chi connectivity index (χ0n) is 4.20. The molecule has 1 atom stereocenters. The topological polar surface area (TPSA) is 0 Å². The zero-order valence-corrected chi connectivity index (χ0v) is 5.20. The summed E-state index contributed by atoms with van der Waals surface area (Å²) < 4.78 is 0. The third-order valence-corrected chi connectivity index (χ3v) is 1.62. The van der Waals surface area contributed by atoms with E-state index in [-0.39, 0.29) is 0 Å². The van der Waals surface area contributed by atoms with Gasteiger partial charge in [-0.2, -0.15) is 0 Å². The van der Waals surface area contributed by atoms with Gasteiger partial charge in [0.2, 0.25) is 0 Å². The van der Waals surface area contributed by atoms with E-state index in [0.29, 0.717) is 0 Å². The van der Waals surface area contributed by atoms with Crippen molar-refractivity contribution in [1.29, 1.82) is 0 Å². The van der Waals surface area contributed by atoms with E-state index < -0.39 is 0 Å². The molecule has 0 aromatic carbocycles. The van der Waals surface area contributed by atoms with Crippen LogP contribution in [0.15, 0.2) is 12.4 Å². The molecule has 0 aromatic rings. The molecule has 0 aromatic heterocycles. The summed E-state index contributed by atoms with van der Waals surface area (Å²) in [6.45, 7) is 5.80. The maximum Gasteiger partial charge on any atom is -0.0322 e. The molecule has 0 aliphatic carbocycles. The van der Waals surface area contributed by atoms with Gasteiger partial charge in [-0.25, -0.2) is 0 Å². The molecule has 0 saturated heterocycles. The third-order valence-electron chi connectivity index (χ3n) is 0.539.